The molecule has 0 aliphatic heterocycles. The summed E-state index contributed by atoms with van der Waals surface area (Å²) in [6.07, 6.45) is 0. The van der Waals surface area contributed by atoms with E-state index in [1.165, 1.54) is 12.1 Å². The van der Waals surface area contributed by atoms with E-state index < -0.39 is 10.9 Å². The van der Waals surface area contributed by atoms with Gasteiger partial charge >= 0.3 is 5.97 Å². The van der Waals surface area contributed by atoms with E-state index in [1.54, 1.807) is 55.5 Å². The van der Waals surface area contributed by atoms with Gasteiger partial charge in [-0.3, -0.25) is 10.1 Å². The van der Waals surface area contributed by atoms with Crippen molar-refractivity contribution in [3.8, 4) is 18.2 Å². The minimum absolute atomic E-state index is 0.111. The third-order valence-electron chi connectivity index (χ3n) is 5.38. The van der Waals surface area contributed by atoms with Crippen LogP contribution in [0.25, 0.3) is 0 Å². The van der Waals surface area contributed by atoms with Crippen molar-refractivity contribution in [3.63, 3.8) is 0 Å². The lowest BCUT2D eigenvalue weighted by atomic mass is 10.1. The van der Waals surface area contributed by atoms with Crippen LogP contribution in [0.3, 0.4) is 0 Å². The minimum Gasteiger partial charge on any atom is -0.478 e. The van der Waals surface area contributed by atoms with Crippen LogP contribution in [0.1, 0.15) is 49.3 Å². The number of carbonyl (C=O) groups is 1. The largest absolute Gasteiger partial charge is 0.478 e. The number of anilines is 2. The number of nitrogen functional groups attached to an aromatic ring is 2. The van der Waals surface area contributed by atoms with Crippen LogP contribution in [0, 0.1) is 71.8 Å². The summed E-state index contributed by atoms with van der Waals surface area (Å²) in [7, 11) is 0. The van der Waals surface area contributed by atoms with Gasteiger partial charge in [0.1, 0.15) is 17.7 Å². The van der Waals surface area contributed by atoms with Crippen molar-refractivity contribution in [1.82, 2.24) is 0 Å². The third-order valence-corrected chi connectivity index (χ3v) is 5.38. The summed E-state index contributed by atoms with van der Waals surface area (Å²) in [6.45, 7) is 7.51. The first-order chi connectivity index (χ1) is 19.8. The van der Waals surface area contributed by atoms with E-state index in [1.807, 2.05) is 51.1 Å². The van der Waals surface area contributed by atoms with Crippen LogP contribution >= 0.6 is 0 Å². The lowest BCUT2D eigenvalue weighted by Crippen LogP contribution is -2.02. The van der Waals surface area contributed by atoms with Gasteiger partial charge in [0, 0.05) is 17.4 Å². The third kappa shape index (κ3) is 11.3. The van der Waals surface area contributed by atoms with E-state index in [-0.39, 0.29) is 16.8 Å². The fourth-order valence-electron chi connectivity index (χ4n) is 3.24. The van der Waals surface area contributed by atoms with Gasteiger partial charge in [0.15, 0.2) is 0 Å². The molecule has 0 saturated carbocycles. The van der Waals surface area contributed by atoms with Crippen molar-refractivity contribution < 1.29 is 14.8 Å². The minimum atomic E-state index is -0.980. The maximum absolute atomic E-state index is 10.5. The van der Waals surface area contributed by atoms with E-state index in [0.717, 1.165) is 27.8 Å². The highest BCUT2D eigenvalue weighted by molar-refractivity contribution is 5.93. The first-order valence-corrected chi connectivity index (χ1v) is 12.3. The van der Waals surface area contributed by atoms with Crippen LogP contribution < -0.4 is 11.5 Å². The molecule has 42 heavy (non-hydrogen) atoms. The van der Waals surface area contributed by atoms with Gasteiger partial charge in [0.2, 0.25) is 0 Å². The number of aryl methyl sites for hydroxylation is 4. The van der Waals surface area contributed by atoms with Crippen molar-refractivity contribution in [3.05, 3.63) is 133 Å². The Hall–Kier alpha value is -6.18. The van der Waals surface area contributed by atoms with Gasteiger partial charge in [-0.25, -0.2) is 4.79 Å². The molecule has 5 N–H and O–H groups in total. The number of nitriles is 3. The number of hydrogen-bond acceptors (Lipinski definition) is 8. The molecular weight excluding hydrogens is 532 g/mol. The average Bonchev–Trinajstić information content (AvgIpc) is 2.96. The lowest BCUT2D eigenvalue weighted by molar-refractivity contribution is -0.385. The molecule has 0 radical (unpaired) electrons. The molecule has 0 atom stereocenters. The highest BCUT2D eigenvalue weighted by atomic mass is 16.6. The Kier molecular flexibility index (Phi) is 13.5. The second-order valence-corrected chi connectivity index (χ2v) is 8.97. The van der Waals surface area contributed by atoms with E-state index in [9.17, 15) is 14.9 Å². The fourth-order valence-corrected chi connectivity index (χ4v) is 3.24. The number of carboxylic acid groups (broad SMARTS) is 1. The molecule has 10 nitrogen and oxygen atoms in total. The predicted molar refractivity (Wildman–Crippen MR) is 161 cm³/mol. The first kappa shape index (κ1) is 33.8. The highest BCUT2D eigenvalue weighted by Gasteiger charge is 2.12. The van der Waals surface area contributed by atoms with Crippen LogP contribution in [-0.4, -0.2) is 16.0 Å². The molecule has 212 valence electrons. The van der Waals surface area contributed by atoms with Crippen LogP contribution in [0.5, 0.6) is 0 Å². The zero-order valence-electron chi connectivity index (χ0n) is 23.6. The number of carboxylic acids is 1. The molecule has 0 spiro atoms. The van der Waals surface area contributed by atoms with E-state index >= 15 is 0 Å². The van der Waals surface area contributed by atoms with Crippen molar-refractivity contribution in [2.75, 3.05) is 11.5 Å². The Bertz CT molecular complexity index is 1690. The number of nitro groups is 1. The van der Waals surface area contributed by atoms with Crippen LogP contribution in [0.2, 0.25) is 0 Å². The van der Waals surface area contributed by atoms with Crippen molar-refractivity contribution >= 4 is 23.0 Å². The van der Waals surface area contributed by atoms with Gasteiger partial charge in [-0.2, -0.15) is 15.8 Å². The number of rotatable bonds is 2. The van der Waals surface area contributed by atoms with Crippen molar-refractivity contribution in [2.45, 2.75) is 27.7 Å². The van der Waals surface area contributed by atoms with E-state index in [2.05, 4.69) is 6.07 Å². The normalized spacial score (nSPS) is 8.98. The Morgan fingerprint density at radius 3 is 1.64 bits per heavy atom. The molecule has 0 saturated heterocycles. The van der Waals surface area contributed by atoms with Gasteiger partial charge in [0.05, 0.1) is 27.7 Å². The smallest absolute Gasteiger partial charge is 0.337 e. The number of hydrogen-bond donors (Lipinski definition) is 3. The number of aromatic carboxylic acids is 1. The summed E-state index contributed by atoms with van der Waals surface area (Å²) in [6, 6.07) is 28.2. The maximum atomic E-state index is 10.5. The Labute approximate surface area is 244 Å². The van der Waals surface area contributed by atoms with Crippen molar-refractivity contribution in [2.24, 2.45) is 0 Å². The zero-order chi connectivity index (χ0) is 31.8. The maximum Gasteiger partial charge on any atom is 0.337 e. The SMILES string of the molecule is Cc1ccc(N)c(C#N)c1.Cc1ccc(N)c(C(=O)O)c1.Cc1ccc([N+](=O)[O-])c(C#N)c1.Cc1cccc(C#N)c1. The molecule has 4 rings (SSSR count). The number of nitrogens with zero attached hydrogens (tertiary/aromatic N) is 4. The van der Waals surface area contributed by atoms with Gasteiger partial charge in [0.25, 0.3) is 5.69 Å². The molecule has 0 aromatic heterocycles. The van der Waals surface area contributed by atoms with Gasteiger partial charge in [-0.15, -0.1) is 0 Å². The molecule has 0 amide bonds. The standard InChI is InChI=1S/C8H6N2O2.C8H8N2.C8H9NO2.C8H7N/c1-6-2-3-8(10(11)12)7(4-6)5-9;1-6-2-3-8(10)7(4-6)5-9;1-5-2-3-7(9)6(4-5)8(10)11;1-7-3-2-4-8(5-7)6-9/h2-4H,1H3;2-4H,10H2,1H3;2-4H,9H2,1H3,(H,10,11);2-5H,1H3. The molecule has 4 aromatic carbocycles. The monoisotopic (exact) mass is 562 g/mol. The van der Waals surface area contributed by atoms with Gasteiger partial charge < -0.3 is 16.6 Å². The molecule has 0 bridgehead atoms. The Morgan fingerprint density at radius 1 is 0.714 bits per heavy atom. The van der Waals surface area contributed by atoms with Gasteiger partial charge in [-0.1, -0.05) is 35.9 Å². The lowest BCUT2D eigenvalue weighted by Gasteiger charge is -2.00. The molecule has 0 aliphatic rings. The Balaban J connectivity index is 0.000000281. The fraction of sp³-hybridized carbons (Fsp3) is 0.125. The number of nitrogens with two attached hydrogens (primary N) is 2. The summed E-state index contributed by atoms with van der Waals surface area (Å²) in [5.74, 6) is -0.980. The van der Waals surface area contributed by atoms with Gasteiger partial charge in [-0.05, 0) is 86.8 Å². The Morgan fingerprint density at radius 2 is 1.21 bits per heavy atom. The summed E-state index contributed by atoms with van der Waals surface area (Å²) in [4.78, 5) is 20.3. The van der Waals surface area contributed by atoms with Crippen LogP contribution in [0.4, 0.5) is 17.1 Å². The van der Waals surface area contributed by atoms with Crippen LogP contribution in [-0.2, 0) is 0 Å². The molecule has 10 heteroatoms. The second-order valence-electron chi connectivity index (χ2n) is 8.97. The van der Waals surface area contributed by atoms with Crippen LogP contribution in [0.15, 0.2) is 78.9 Å². The quantitative estimate of drug-likeness (QED) is 0.141. The molecular formula is C32H30N6O4. The summed E-state index contributed by atoms with van der Waals surface area (Å²) >= 11 is 0. The summed E-state index contributed by atoms with van der Waals surface area (Å²) < 4.78 is 0. The molecule has 4 aromatic rings. The summed E-state index contributed by atoms with van der Waals surface area (Å²) in [5, 5.41) is 44.4. The second kappa shape index (κ2) is 16.7. The number of nitro benzene ring substituents is 1. The molecule has 0 heterocycles. The molecule has 0 aliphatic carbocycles. The average molecular weight is 563 g/mol. The topological polar surface area (TPSA) is 204 Å². The molecule has 0 unspecified atom stereocenters. The van der Waals surface area contributed by atoms with E-state index in [0.29, 0.717) is 16.9 Å². The van der Waals surface area contributed by atoms with Crippen molar-refractivity contribution in [1.29, 1.82) is 15.8 Å². The molecule has 0 fully saturated rings. The highest BCUT2D eigenvalue weighted by Crippen LogP contribution is 2.18. The first-order valence-electron chi connectivity index (χ1n) is 12.3. The summed E-state index contributed by atoms with van der Waals surface area (Å²) in [5.41, 5.74) is 17.1. The predicted octanol–water partition coefficient (Wildman–Crippen LogP) is 6.37. The zero-order valence-corrected chi connectivity index (χ0v) is 23.6. The number of benzene rings is 4. The van der Waals surface area contributed by atoms with E-state index in [4.69, 9.17) is 32.4 Å².